The molecule has 116 valence electrons. The molecule has 1 aromatic heterocycles. The lowest BCUT2D eigenvalue weighted by atomic mass is 10.1. The number of nitrogens with two attached hydrogens (primary N) is 1. The van der Waals surface area contributed by atoms with Gasteiger partial charge in [-0.3, -0.25) is 4.79 Å². The average Bonchev–Trinajstić information content (AvgIpc) is 2.78. The molecular formula is C15H22ClN3OS. The lowest BCUT2D eigenvalue weighted by molar-refractivity contribution is -0.116. The summed E-state index contributed by atoms with van der Waals surface area (Å²) >= 11 is 1.65. The SMILES string of the molecule is Cc1nc2ccc(NC(=O)CCCCCCN)cc2s1.Cl. The summed E-state index contributed by atoms with van der Waals surface area (Å²) in [7, 11) is 0. The molecule has 2 rings (SSSR count). The van der Waals surface area contributed by atoms with Crippen LogP contribution in [0.4, 0.5) is 5.69 Å². The maximum atomic E-state index is 11.8. The molecule has 1 amide bonds. The van der Waals surface area contributed by atoms with Crippen LogP contribution in [-0.4, -0.2) is 17.4 Å². The maximum Gasteiger partial charge on any atom is 0.224 e. The first kappa shape index (κ1) is 17.9. The number of rotatable bonds is 7. The summed E-state index contributed by atoms with van der Waals surface area (Å²) in [6.45, 7) is 2.73. The van der Waals surface area contributed by atoms with Crippen molar-refractivity contribution >= 4 is 45.6 Å². The second kappa shape index (κ2) is 8.97. The van der Waals surface area contributed by atoms with Crippen LogP contribution in [0.3, 0.4) is 0 Å². The number of aryl methyl sites for hydroxylation is 1. The molecule has 0 aliphatic carbocycles. The minimum atomic E-state index is 0. The van der Waals surface area contributed by atoms with E-state index >= 15 is 0 Å². The predicted molar refractivity (Wildman–Crippen MR) is 92.4 cm³/mol. The van der Waals surface area contributed by atoms with E-state index in [2.05, 4.69) is 10.3 Å². The van der Waals surface area contributed by atoms with E-state index in [1.54, 1.807) is 11.3 Å². The summed E-state index contributed by atoms with van der Waals surface area (Å²) in [5, 5.41) is 3.99. The van der Waals surface area contributed by atoms with Gasteiger partial charge in [0, 0.05) is 12.1 Å². The summed E-state index contributed by atoms with van der Waals surface area (Å²) in [6.07, 6.45) is 4.72. The Morgan fingerprint density at radius 2 is 2.05 bits per heavy atom. The Hall–Kier alpha value is -1.17. The zero-order valence-electron chi connectivity index (χ0n) is 12.2. The third-order valence-electron chi connectivity index (χ3n) is 3.14. The van der Waals surface area contributed by atoms with Crippen LogP contribution in [-0.2, 0) is 4.79 Å². The number of aromatic nitrogens is 1. The molecule has 4 nitrogen and oxygen atoms in total. The number of halogens is 1. The van der Waals surface area contributed by atoms with Crippen molar-refractivity contribution in [3.05, 3.63) is 23.2 Å². The van der Waals surface area contributed by atoms with Gasteiger partial charge < -0.3 is 11.1 Å². The van der Waals surface area contributed by atoms with E-state index in [4.69, 9.17) is 5.73 Å². The van der Waals surface area contributed by atoms with E-state index in [0.29, 0.717) is 6.42 Å². The highest BCUT2D eigenvalue weighted by atomic mass is 35.5. The van der Waals surface area contributed by atoms with Crippen LogP contribution in [0.5, 0.6) is 0 Å². The highest BCUT2D eigenvalue weighted by Crippen LogP contribution is 2.24. The van der Waals surface area contributed by atoms with Crippen LogP contribution >= 0.6 is 23.7 Å². The van der Waals surface area contributed by atoms with Crippen LogP contribution in [0.15, 0.2) is 18.2 Å². The number of benzene rings is 1. The lowest BCUT2D eigenvalue weighted by Gasteiger charge is -2.05. The molecule has 21 heavy (non-hydrogen) atoms. The van der Waals surface area contributed by atoms with E-state index < -0.39 is 0 Å². The van der Waals surface area contributed by atoms with Crippen molar-refractivity contribution in [1.82, 2.24) is 4.98 Å². The van der Waals surface area contributed by atoms with E-state index in [1.165, 1.54) is 0 Å². The Morgan fingerprint density at radius 1 is 1.29 bits per heavy atom. The van der Waals surface area contributed by atoms with Crippen LogP contribution < -0.4 is 11.1 Å². The largest absolute Gasteiger partial charge is 0.330 e. The Bertz CT molecular complexity index is 585. The number of carbonyl (C=O) groups is 1. The number of unbranched alkanes of at least 4 members (excludes halogenated alkanes) is 3. The van der Waals surface area contributed by atoms with E-state index in [9.17, 15) is 4.79 Å². The van der Waals surface area contributed by atoms with E-state index in [-0.39, 0.29) is 18.3 Å². The molecular weight excluding hydrogens is 306 g/mol. The Kier molecular flexibility index (Phi) is 7.64. The smallest absolute Gasteiger partial charge is 0.224 e. The van der Waals surface area contributed by atoms with Gasteiger partial charge in [-0.15, -0.1) is 23.7 Å². The fourth-order valence-corrected chi connectivity index (χ4v) is 2.99. The highest BCUT2D eigenvalue weighted by Gasteiger charge is 2.05. The topological polar surface area (TPSA) is 68.0 Å². The van der Waals surface area contributed by atoms with Gasteiger partial charge in [-0.2, -0.15) is 0 Å². The first-order valence-corrected chi connectivity index (χ1v) is 7.88. The minimum absolute atomic E-state index is 0. The molecule has 2 aromatic rings. The van der Waals surface area contributed by atoms with Crippen molar-refractivity contribution in [2.45, 2.75) is 39.0 Å². The minimum Gasteiger partial charge on any atom is -0.330 e. The molecule has 1 heterocycles. The third-order valence-corrected chi connectivity index (χ3v) is 4.07. The third kappa shape index (κ3) is 5.61. The zero-order valence-corrected chi connectivity index (χ0v) is 13.9. The van der Waals surface area contributed by atoms with E-state index in [1.807, 2.05) is 25.1 Å². The number of carbonyl (C=O) groups excluding carboxylic acids is 1. The monoisotopic (exact) mass is 327 g/mol. The van der Waals surface area contributed by atoms with Crippen molar-refractivity contribution < 1.29 is 4.79 Å². The first-order chi connectivity index (χ1) is 9.69. The second-order valence-corrected chi connectivity index (χ2v) is 6.15. The van der Waals surface area contributed by atoms with Gasteiger partial charge in [0.15, 0.2) is 0 Å². The Labute approximate surface area is 135 Å². The molecule has 3 N–H and O–H groups in total. The average molecular weight is 328 g/mol. The van der Waals surface area contributed by atoms with Gasteiger partial charge in [-0.25, -0.2) is 4.98 Å². The Morgan fingerprint density at radius 3 is 2.81 bits per heavy atom. The molecule has 0 fully saturated rings. The molecule has 1 aromatic carbocycles. The molecule has 0 radical (unpaired) electrons. The van der Waals surface area contributed by atoms with Crippen molar-refractivity contribution in [2.75, 3.05) is 11.9 Å². The number of hydrogen-bond acceptors (Lipinski definition) is 4. The number of amides is 1. The van der Waals surface area contributed by atoms with Crippen molar-refractivity contribution in [2.24, 2.45) is 5.73 Å². The molecule has 0 aliphatic heterocycles. The molecule has 0 atom stereocenters. The van der Waals surface area contributed by atoms with Gasteiger partial charge in [-0.1, -0.05) is 12.8 Å². The standard InChI is InChI=1S/C15H21N3OS.ClH/c1-11-17-13-8-7-12(10-14(13)20-11)18-15(19)6-4-2-3-5-9-16;/h7-8,10H,2-6,9,16H2,1H3,(H,18,19);1H. The Balaban J connectivity index is 0.00000220. The lowest BCUT2D eigenvalue weighted by Crippen LogP contribution is -2.11. The summed E-state index contributed by atoms with van der Waals surface area (Å²) < 4.78 is 1.11. The number of thiazole rings is 1. The van der Waals surface area contributed by atoms with Gasteiger partial charge in [0.2, 0.25) is 5.91 Å². The summed E-state index contributed by atoms with van der Waals surface area (Å²) in [5.74, 6) is 0.0818. The molecule has 0 unspecified atom stereocenters. The number of hydrogen-bond donors (Lipinski definition) is 2. The molecule has 0 spiro atoms. The fraction of sp³-hybridized carbons (Fsp3) is 0.467. The quantitative estimate of drug-likeness (QED) is 0.758. The molecule has 0 bridgehead atoms. The predicted octanol–water partition coefficient (Wildman–Crippen LogP) is 3.87. The maximum absolute atomic E-state index is 11.8. The fourth-order valence-electron chi connectivity index (χ4n) is 2.12. The molecule has 0 saturated heterocycles. The van der Waals surface area contributed by atoms with Crippen LogP contribution in [0.2, 0.25) is 0 Å². The van der Waals surface area contributed by atoms with Gasteiger partial charge in [0.25, 0.3) is 0 Å². The van der Waals surface area contributed by atoms with Crippen molar-refractivity contribution in [1.29, 1.82) is 0 Å². The van der Waals surface area contributed by atoms with Gasteiger partial charge in [0.05, 0.1) is 15.2 Å². The van der Waals surface area contributed by atoms with E-state index in [0.717, 1.165) is 53.1 Å². The number of nitrogens with zero attached hydrogens (tertiary/aromatic N) is 1. The summed E-state index contributed by atoms with van der Waals surface area (Å²) in [4.78, 5) is 16.2. The zero-order chi connectivity index (χ0) is 14.4. The van der Waals surface area contributed by atoms with Gasteiger partial charge in [0.1, 0.15) is 0 Å². The number of fused-ring (bicyclic) bond motifs is 1. The van der Waals surface area contributed by atoms with Gasteiger partial charge in [-0.05, 0) is 44.5 Å². The normalized spacial score (nSPS) is 10.4. The van der Waals surface area contributed by atoms with Crippen molar-refractivity contribution in [3.8, 4) is 0 Å². The van der Waals surface area contributed by atoms with Crippen LogP contribution in [0, 0.1) is 6.92 Å². The summed E-state index contributed by atoms with van der Waals surface area (Å²) in [6, 6.07) is 5.86. The van der Waals surface area contributed by atoms with Crippen LogP contribution in [0.1, 0.15) is 37.1 Å². The van der Waals surface area contributed by atoms with Gasteiger partial charge >= 0.3 is 0 Å². The van der Waals surface area contributed by atoms with Crippen molar-refractivity contribution in [3.63, 3.8) is 0 Å². The molecule has 0 aliphatic rings. The molecule has 6 heteroatoms. The number of anilines is 1. The first-order valence-electron chi connectivity index (χ1n) is 7.06. The van der Waals surface area contributed by atoms with Crippen LogP contribution in [0.25, 0.3) is 10.2 Å². The second-order valence-electron chi connectivity index (χ2n) is 4.92. The number of nitrogens with one attached hydrogen (secondary N) is 1. The highest BCUT2D eigenvalue weighted by molar-refractivity contribution is 7.18. The summed E-state index contributed by atoms with van der Waals surface area (Å²) in [5.41, 5.74) is 7.28. The molecule has 0 saturated carbocycles.